The molecule has 1 aromatic heterocycles. The van der Waals surface area contributed by atoms with Gasteiger partial charge in [0.25, 0.3) is 5.91 Å². The standard InChI is InChI=1S/C30H24FN3O7/c1-18-23(40-28(36)20-13-7-3-8-14-20)24(41-29(37)21-15-9-4-10-16-21)27(39-18)34-17-22(31)25(33-30(34)38)32-26(35)19-11-5-2-6-12-19/h2-18,23-24,27H,1H3,(H,32,33,35,38)/t18-,23-,24-,27-/m1/s1. The summed E-state index contributed by atoms with van der Waals surface area (Å²) in [6.07, 6.45) is -3.99. The first kappa shape index (κ1) is 27.4. The third kappa shape index (κ3) is 6.04. The Morgan fingerprint density at radius 1 is 0.805 bits per heavy atom. The number of hydrogen-bond acceptors (Lipinski definition) is 8. The van der Waals surface area contributed by atoms with Crippen LogP contribution in [-0.4, -0.2) is 45.7 Å². The Morgan fingerprint density at radius 2 is 1.29 bits per heavy atom. The summed E-state index contributed by atoms with van der Waals surface area (Å²) in [6, 6.07) is 24.2. The van der Waals surface area contributed by atoms with Crippen molar-refractivity contribution in [3.63, 3.8) is 0 Å². The van der Waals surface area contributed by atoms with E-state index in [-0.39, 0.29) is 16.7 Å². The van der Waals surface area contributed by atoms with Crippen molar-refractivity contribution < 1.29 is 33.0 Å². The average Bonchev–Trinajstić information content (AvgIpc) is 3.29. The predicted octanol–water partition coefficient (Wildman–Crippen LogP) is 4.00. The number of rotatable bonds is 7. The fraction of sp³-hybridized carbons (Fsp3) is 0.167. The number of halogens is 1. The van der Waals surface area contributed by atoms with Crippen LogP contribution in [0.2, 0.25) is 0 Å². The highest BCUT2D eigenvalue weighted by atomic mass is 19.1. The summed E-state index contributed by atoms with van der Waals surface area (Å²) in [4.78, 5) is 55.1. The minimum atomic E-state index is -1.40. The zero-order valence-corrected chi connectivity index (χ0v) is 21.7. The zero-order chi connectivity index (χ0) is 28.9. The molecule has 11 heteroatoms. The first-order chi connectivity index (χ1) is 19.8. The van der Waals surface area contributed by atoms with Gasteiger partial charge in [0.1, 0.15) is 0 Å². The van der Waals surface area contributed by atoms with E-state index >= 15 is 4.39 Å². The van der Waals surface area contributed by atoms with Gasteiger partial charge in [0.2, 0.25) is 0 Å². The molecule has 5 rings (SSSR count). The van der Waals surface area contributed by atoms with Crippen molar-refractivity contribution in [1.82, 2.24) is 9.55 Å². The van der Waals surface area contributed by atoms with Gasteiger partial charge in [-0.25, -0.2) is 18.8 Å². The van der Waals surface area contributed by atoms with Crippen LogP contribution < -0.4 is 11.0 Å². The zero-order valence-electron chi connectivity index (χ0n) is 21.7. The summed E-state index contributed by atoms with van der Waals surface area (Å²) in [7, 11) is 0. The molecule has 1 fully saturated rings. The van der Waals surface area contributed by atoms with Gasteiger partial charge < -0.3 is 19.5 Å². The minimum Gasteiger partial charge on any atom is -0.452 e. The average molecular weight is 558 g/mol. The molecule has 1 aliphatic heterocycles. The molecule has 0 spiro atoms. The molecule has 0 aliphatic carbocycles. The molecule has 4 aromatic rings. The highest BCUT2D eigenvalue weighted by molar-refractivity contribution is 6.03. The second-order valence-electron chi connectivity index (χ2n) is 9.15. The predicted molar refractivity (Wildman–Crippen MR) is 144 cm³/mol. The smallest absolute Gasteiger partial charge is 0.351 e. The van der Waals surface area contributed by atoms with E-state index in [0.29, 0.717) is 0 Å². The number of anilines is 1. The molecule has 3 aromatic carbocycles. The number of carbonyl (C=O) groups excluding carboxylic acids is 3. The molecule has 0 radical (unpaired) electrons. The fourth-order valence-electron chi connectivity index (χ4n) is 4.33. The van der Waals surface area contributed by atoms with Crippen LogP contribution in [-0.2, 0) is 14.2 Å². The molecule has 1 aliphatic rings. The van der Waals surface area contributed by atoms with Crippen molar-refractivity contribution in [3.05, 3.63) is 130 Å². The molecule has 2 heterocycles. The SMILES string of the molecule is C[C@H]1O[C@@H](n2cc(F)c(NC(=O)c3ccccc3)nc2=O)[C@H](OC(=O)c2ccccc2)[C@@H]1OC(=O)c1ccccc1. The number of ether oxygens (including phenoxy) is 3. The summed E-state index contributed by atoms with van der Waals surface area (Å²) in [5, 5.41) is 2.28. The van der Waals surface area contributed by atoms with E-state index in [0.717, 1.165) is 10.8 Å². The number of aromatic nitrogens is 2. The van der Waals surface area contributed by atoms with Gasteiger partial charge in [-0.05, 0) is 43.3 Å². The lowest BCUT2D eigenvalue weighted by molar-refractivity contribution is -0.0513. The van der Waals surface area contributed by atoms with Crippen LogP contribution in [0, 0.1) is 5.82 Å². The lowest BCUT2D eigenvalue weighted by Gasteiger charge is -2.24. The maximum absolute atomic E-state index is 15.2. The summed E-state index contributed by atoms with van der Waals surface area (Å²) >= 11 is 0. The monoisotopic (exact) mass is 557 g/mol. The molecular weight excluding hydrogens is 533 g/mol. The van der Waals surface area contributed by atoms with Crippen molar-refractivity contribution in [2.24, 2.45) is 0 Å². The van der Waals surface area contributed by atoms with Crippen molar-refractivity contribution in [1.29, 1.82) is 0 Å². The number of benzene rings is 3. The van der Waals surface area contributed by atoms with Gasteiger partial charge in [0, 0.05) is 5.56 Å². The van der Waals surface area contributed by atoms with E-state index in [1.165, 1.54) is 24.3 Å². The number of esters is 2. The molecule has 0 saturated carbocycles. The Hall–Kier alpha value is -5.16. The molecule has 1 amide bonds. The van der Waals surface area contributed by atoms with Crippen molar-refractivity contribution in [2.45, 2.75) is 31.5 Å². The molecule has 208 valence electrons. The van der Waals surface area contributed by atoms with Crippen LogP contribution in [0.4, 0.5) is 10.2 Å². The molecular formula is C30H24FN3O7. The Morgan fingerprint density at radius 3 is 1.83 bits per heavy atom. The minimum absolute atomic E-state index is 0.203. The number of nitrogens with one attached hydrogen (secondary N) is 1. The highest BCUT2D eigenvalue weighted by Crippen LogP contribution is 2.34. The number of carbonyl (C=O) groups is 3. The highest BCUT2D eigenvalue weighted by Gasteiger charge is 2.49. The normalized spacial score (nSPS) is 19.8. The van der Waals surface area contributed by atoms with Crippen LogP contribution in [0.15, 0.2) is 102 Å². The first-order valence-electron chi connectivity index (χ1n) is 12.6. The topological polar surface area (TPSA) is 126 Å². The van der Waals surface area contributed by atoms with Gasteiger partial charge in [0.15, 0.2) is 30.1 Å². The second kappa shape index (κ2) is 11.9. The summed E-state index contributed by atoms with van der Waals surface area (Å²) in [5.41, 5.74) is -0.307. The largest absolute Gasteiger partial charge is 0.452 e. The van der Waals surface area contributed by atoms with Gasteiger partial charge in [-0.15, -0.1) is 0 Å². The maximum Gasteiger partial charge on any atom is 0.351 e. The summed E-state index contributed by atoms with van der Waals surface area (Å²) in [5.74, 6) is -3.77. The van der Waals surface area contributed by atoms with E-state index in [9.17, 15) is 19.2 Å². The van der Waals surface area contributed by atoms with Crippen molar-refractivity contribution in [2.75, 3.05) is 5.32 Å². The van der Waals surface area contributed by atoms with E-state index in [2.05, 4.69) is 10.3 Å². The van der Waals surface area contributed by atoms with Crippen molar-refractivity contribution in [3.8, 4) is 0 Å². The van der Waals surface area contributed by atoms with E-state index in [1.54, 1.807) is 73.7 Å². The lowest BCUT2D eigenvalue weighted by Crippen LogP contribution is -2.41. The van der Waals surface area contributed by atoms with Gasteiger partial charge in [-0.2, -0.15) is 4.98 Å². The van der Waals surface area contributed by atoms with Crippen molar-refractivity contribution >= 4 is 23.7 Å². The van der Waals surface area contributed by atoms with Gasteiger partial charge in [0.05, 0.1) is 23.4 Å². The molecule has 0 bridgehead atoms. The van der Waals surface area contributed by atoms with E-state index in [4.69, 9.17) is 14.2 Å². The van der Waals surface area contributed by atoms with Crippen LogP contribution in [0.3, 0.4) is 0 Å². The Bertz CT molecular complexity index is 1610. The number of amides is 1. The van der Waals surface area contributed by atoms with Crippen LogP contribution in [0.1, 0.15) is 44.2 Å². The number of nitrogens with zero attached hydrogens (tertiary/aromatic N) is 2. The second-order valence-corrected chi connectivity index (χ2v) is 9.15. The summed E-state index contributed by atoms with van der Waals surface area (Å²) in [6.45, 7) is 1.57. The molecule has 4 atom stereocenters. The first-order valence-corrected chi connectivity index (χ1v) is 12.6. The molecule has 1 saturated heterocycles. The molecule has 10 nitrogen and oxygen atoms in total. The Labute approximate surface area is 233 Å². The van der Waals surface area contributed by atoms with Gasteiger partial charge in [-0.3, -0.25) is 9.36 Å². The van der Waals surface area contributed by atoms with Crippen LogP contribution in [0.5, 0.6) is 0 Å². The molecule has 41 heavy (non-hydrogen) atoms. The van der Waals surface area contributed by atoms with Gasteiger partial charge >= 0.3 is 17.6 Å². The fourth-order valence-corrected chi connectivity index (χ4v) is 4.33. The van der Waals surface area contributed by atoms with E-state index < -0.39 is 59.7 Å². The maximum atomic E-state index is 15.2. The van der Waals surface area contributed by atoms with Crippen LogP contribution >= 0.6 is 0 Å². The Balaban J connectivity index is 1.45. The van der Waals surface area contributed by atoms with Gasteiger partial charge in [-0.1, -0.05) is 54.6 Å². The molecule has 0 unspecified atom stereocenters. The van der Waals surface area contributed by atoms with E-state index in [1.807, 2.05) is 0 Å². The quantitative estimate of drug-likeness (QED) is 0.338. The molecule has 1 N–H and O–H groups in total. The Kier molecular flexibility index (Phi) is 7.97. The summed E-state index contributed by atoms with van der Waals surface area (Å²) < 4.78 is 33.2. The third-order valence-corrected chi connectivity index (χ3v) is 6.38. The lowest BCUT2D eigenvalue weighted by atomic mass is 10.1. The third-order valence-electron chi connectivity index (χ3n) is 6.38. The number of hydrogen-bond donors (Lipinski definition) is 1. The van der Waals surface area contributed by atoms with Crippen LogP contribution in [0.25, 0.3) is 0 Å².